The largest absolute Gasteiger partial charge is 0.306 e. The first-order chi connectivity index (χ1) is 6.33. The van der Waals surface area contributed by atoms with Gasteiger partial charge < -0.3 is 4.57 Å². The average molecular weight is 170 g/mol. The van der Waals surface area contributed by atoms with Crippen LogP contribution in [0.1, 0.15) is 11.5 Å². The summed E-state index contributed by atoms with van der Waals surface area (Å²) in [6, 6.07) is 0. The van der Waals surface area contributed by atoms with E-state index < -0.39 is 0 Å². The van der Waals surface area contributed by atoms with Crippen LogP contribution in [0.25, 0.3) is 6.20 Å². The lowest BCUT2D eigenvalue weighted by Crippen LogP contribution is -1.98. The molecule has 13 heavy (non-hydrogen) atoms. The lowest BCUT2D eigenvalue weighted by Gasteiger charge is -2.01. The fraction of sp³-hybridized carbons (Fsp3) is 0.182. The summed E-state index contributed by atoms with van der Waals surface area (Å²) < 4.78 is 1.83. The van der Waals surface area contributed by atoms with Crippen molar-refractivity contribution >= 4 is 6.20 Å². The van der Waals surface area contributed by atoms with Crippen molar-refractivity contribution in [3.05, 3.63) is 24.3 Å². The summed E-state index contributed by atoms with van der Waals surface area (Å²) in [4.78, 5) is 4.15. The highest BCUT2D eigenvalue weighted by Gasteiger charge is 2.04. The maximum Gasteiger partial charge on any atom is 0.125 e. The fourth-order valence-electron chi connectivity index (χ4n) is 1.12. The lowest BCUT2D eigenvalue weighted by molar-refractivity contribution is 0.944. The van der Waals surface area contributed by atoms with Crippen LogP contribution >= 0.6 is 0 Å². The number of aromatic nitrogens is 2. The van der Waals surface area contributed by atoms with E-state index in [4.69, 9.17) is 12.8 Å². The maximum absolute atomic E-state index is 5.20. The molecule has 0 spiro atoms. The van der Waals surface area contributed by atoms with Crippen molar-refractivity contribution in [3.8, 4) is 24.7 Å². The predicted molar refractivity (Wildman–Crippen MR) is 53.7 cm³/mol. The maximum atomic E-state index is 5.20. The Balaban J connectivity index is 3.05. The van der Waals surface area contributed by atoms with E-state index in [1.54, 1.807) is 12.4 Å². The van der Waals surface area contributed by atoms with E-state index in [2.05, 4.69) is 23.4 Å². The van der Waals surface area contributed by atoms with Crippen molar-refractivity contribution in [3.63, 3.8) is 0 Å². The van der Waals surface area contributed by atoms with Gasteiger partial charge in [-0.3, -0.25) is 0 Å². The van der Waals surface area contributed by atoms with E-state index >= 15 is 0 Å². The third kappa shape index (κ3) is 1.80. The Kier molecular flexibility index (Phi) is 2.95. The van der Waals surface area contributed by atoms with Crippen molar-refractivity contribution in [2.45, 2.75) is 12.8 Å². The second-order valence-electron chi connectivity index (χ2n) is 2.48. The molecular weight excluding hydrogens is 160 g/mol. The first kappa shape index (κ1) is 9.16. The number of nitrogens with zero attached hydrogens (tertiary/aromatic N) is 2. The van der Waals surface area contributed by atoms with Crippen molar-refractivity contribution < 1.29 is 0 Å². The second-order valence-corrected chi connectivity index (χ2v) is 2.48. The van der Waals surface area contributed by atoms with Gasteiger partial charge in [0.1, 0.15) is 5.82 Å². The molecule has 1 heterocycles. The number of terminal acetylenes is 2. The first-order valence-electron chi connectivity index (χ1n) is 3.88. The molecule has 0 radical (unpaired) electrons. The predicted octanol–water partition coefficient (Wildman–Crippen LogP) is 1.33. The Morgan fingerprint density at radius 1 is 1.46 bits per heavy atom. The molecule has 0 aliphatic rings. The van der Waals surface area contributed by atoms with Crippen molar-refractivity contribution in [2.24, 2.45) is 0 Å². The van der Waals surface area contributed by atoms with Gasteiger partial charge in [0.25, 0.3) is 0 Å². The average Bonchev–Trinajstić information content (AvgIpc) is 2.49. The molecular formula is C11H10N2. The molecule has 0 amide bonds. The van der Waals surface area contributed by atoms with Gasteiger partial charge in [0.05, 0.1) is 18.5 Å². The smallest absolute Gasteiger partial charge is 0.125 e. The van der Waals surface area contributed by atoms with Gasteiger partial charge in [-0.1, -0.05) is 12.5 Å². The van der Waals surface area contributed by atoms with Crippen molar-refractivity contribution in [1.29, 1.82) is 0 Å². The topological polar surface area (TPSA) is 17.8 Å². The summed E-state index contributed by atoms with van der Waals surface area (Å²) in [6.45, 7) is 3.67. The summed E-state index contributed by atoms with van der Waals surface area (Å²) >= 11 is 0. The van der Waals surface area contributed by atoms with Gasteiger partial charge >= 0.3 is 0 Å². The van der Waals surface area contributed by atoms with E-state index in [-0.39, 0.29) is 0 Å². The highest BCUT2D eigenvalue weighted by atomic mass is 15.1. The minimum Gasteiger partial charge on any atom is -0.306 e. The third-order valence-electron chi connectivity index (χ3n) is 1.68. The zero-order valence-corrected chi connectivity index (χ0v) is 7.33. The number of hydrogen-bond acceptors (Lipinski definition) is 1. The summed E-state index contributed by atoms with van der Waals surface area (Å²) in [5.74, 6) is 5.89. The zero-order valence-electron chi connectivity index (χ0n) is 7.33. The molecule has 0 saturated carbocycles. The molecule has 0 aliphatic heterocycles. The highest BCUT2D eigenvalue weighted by Crippen LogP contribution is 2.06. The van der Waals surface area contributed by atoms with Gasteiger partial charge in [-0.2, -0.15) is 0 Å². The van der Waals surface area contributed by atoms with Crippen LogP contribution in [0, 0.1) is 24.7 Å². The molecule has 0 aromatic carbocycles. The quantitative estimate of drug-likeness (QED) is 0.626. The van der Waals surface area contributed by atoms with Crippen molar-refractivity contribution in [1.82, 2.24) is 9.55 Å². The molecule has 2 nitrogen and oxygen atoms in total. The molecule has 0 saturated heterocycles. The normalized spacial score (nSPS) is 8.77. The number of rotatable bonds is 3. The van der Waals surface area contributed by atoms with Crippen LogP contribution in [-0.4, -0.2) is 9.55 Å². The van der Waals surface area contributed by atoms with Crippen LogP contribution in [0.4, 0.5) is 0 Å². The summed E-state index contributed by atoms with van der Waals surface area (Å²) in [7, 11) is 0. The van der Waals surface area contributed by atoms with Crippen LogP contribution < -0.4 is 0 Å². The molecule has 0 atom stereocenters. The Labute approximate surface area is 78.3 Å². The Morgan fingerprint density at radius 2 is 2.15 bits per heavy atom. The summed E-state index contributed by atoms with van der Waals surface area (Å²) in [5.41, 5.74) is 0.947. The van der Waals surface area contributed by atoms with Crippen molar-refractivity contribution in [2.75, 3.05) is 0 Å². The number of imidazole rings is 1. The summed E-state index contributed by atoms with van der Waals surface area (Å²) in [5, 5.41) is 0. The van der Waals surface area contributed by atoms with E-state index in [1.165, 1.54) is 0 Å². The van der Waals surface area contributed by atoms with E-state index in [0.29, 0.717) is 12.8 Å². The van der Waals surface area contributed by atoms with E-state index in [0.717, 1.165) is 11.5 Å². The molecule has 0 fully saturated rings. The monoisotopic (exact) mass is 170 g/mol. The molecule has 64 valence electrons. The first-order valence-corrected chi connectivity index (χ1v) is 3.88. The second kappa shape index (κ2) is 4.18. The van der Waals surface area contributed by atoms with Crippen LogP contribution in [0.15, 0.2) is 12.8 Å². The lowest BCUT2D eigenvalue weighted by atomic mass is 10.3. The van der Waals surface area contributed by atoms with Crippen LogP contribution in [0.5, 0.6) is 0 Å². The summed E-state index contributed by atoms with van der Waals surface area (Å²) in [6.07, 6.45) is 14.8. The molecule has 1 rings (SSSR count). The highest BCUT2D eigenvalue weighted by molar-refractivity contribution is 5.28. The van der Waals surface area contributed by atoms with Crippen LogP contribution in [0.3, 0.4) is 0 Å². The minimum absolute atomic E-state index is 0.497. The molecule has 0 bridgehead atoms. The molecule has 0 aliphatic carbocycles. The Hall–Kier alpha value is -1.93. The molecule has 1 aromatic heterocycles. The SMILES string of the molecule is C#CCc1cnc(CC#C)n1C=C. The van der Waals surface area contributed by atoms with Gasteiger partial charge in [0.2, 0.25) is 0 Å². The molecule has 0 unspecified atom stereocenters. The van der Waals surface area contributed by atoms with Crippen LogP contribution in [-0.2, 0) is 12.8 Å². The van der Waals surface area contributed by atoms with Gasteiger partial charge in [-0.25, -0.2) is 4.98 Å². The van der Waals surface area contributed by atoms with E-state index in [1.807, 2.05) is 4.57 Å². The van der Waals surface area contributed by atoms with E-state index in [9.17, 15) is 0 Å². The molecule has 0 N–H and O–H groups in total. The van der Waals surface area contributed by atoms with Gasteiger partial charge in [0, 0.05) is 12.4 Å². The molecule has 1 aromatic rings. The van der Waals surface area contributed by atoms with Crippen LogP contribution in [0.2, 0.25) is 0 Å². The third-order valence-corrected chi connectivity index (χ3v) is 1.68. The van der Waals surface area contributed by atoms with Gasteiger partial charge in [-0.15, -0.1) is 18.8 Å². The Bertz CT molecular complexity index is 352. The zero-order chi connectivity index (χ0) is 9.68. The van der Waals surface area contributed by atoms with Gasteiger partial charge in [-0.05, 0) is 0 Å². The Morgan fingerprint density at radius 3 is 2.69 bits per heavy atom. The fourth-order valence-corrected chi connectivity index (χ4v) is 1.12. The number of hydrogen-bond donors (Lipinski definition) is 0. The standard InChI is InChI=1S/C11H10N2/c1-4-7-10-9-12-11(8-5-2)13(10)6-3/h1-2,6,9H,3,7-8H2. The molecule has 2 heteroatoms. The minimum atomic E-state index is 0.497. The van der Waals surface area contributed by atoms with Gasteiger partial charge in [0.15, 0.2) is 0 Å².